The Balaban J connectivity index is 2.07. The summed E-state index contributed by atoms with van der Waals surface area (Å²) in [5, 5.41) is 4.09. The van der Waals surface area contributed by atoms with E-state index in [1.54, 1.807) is 7.11 Å². The SMILES string of the molecule is COc1ccc(Cl)cc1C(N)CC1CCNCC1. The Morgan fingerprint density at radius 1 is 1.44 bits per heavy atom. The number of benzene rings is 1. The van der Waals surface area contributed by atoms with Crippen LogP contribution in [0.2, 0.25) is 5.02 Å². The van der Waals surface area contributed by atoms with Gasteiger partial charge in [-0.2, -0.15) is 0 Å². The number of nitrogens with one attached hydrogen (secondary N) is 1. The minimum absolute atomic E-state index is 0.00162. The van der Waals surface area contributed by atoms with Crippen LogP contribution in [0, 0.1) is 5.92 Å². The van der Waals surface area contributed by atoms with E-state index in [9.17, 15) is 0 Å². The molecule has 1 atom stereocenters. The van der Waals surface area contributed by atoms with E-state index in [0.717, 1.165) is 30.8 Å². The maximum Gasteiger partial charge on any atom is 0.123 e. The maximum absolute atomic E-state index is 6.31. The number of piperidine rings is 1. The predicted molar refractivity (Wildman–Crippen MR) is 75.1 cm³/mol. The number of halogens is 1. The minimum atomic E-state index is 0.00162. The van der Waals surface area contributed by atoms with E-state index in [1.807, 2.05) is 18.2 Å². The molecule has 0 bridgehead atoms. The number of hydrogen-bond donors (Lipinski definition) is 2. The quantitative estimate of drug-likeness (QED) is 0.883. The van der Waals surface area contributed by atoms with Crippen molar-refractivity contribution in [2.24, 2.45) is 11.7 Å². The van der Waals surface area contributed by atoms with Crippen molar-refractivity contribution < 1.29 is 4.74 Å². The van der Waals surface area contributed by atoms with Gasteiger partial charge in [0.15, 0.2) is 0 Å². The highest BCUT2D eigenvalue weighted by Crippen LogP contribution is 2.32. The second-order valence-electron chi connectivity index (χ2n) is 4.92. The molecule has 3 N–H and O–H groups in total. The molecule has 0 amide bonds. The Kier molecular flexibility index (Phi) is 4.87. The average Bonchev–Trinajstić information content (AvgIpc) is 2.40. The van der Waals surface area contributed by atoms with Crippen LogP contribution in [-0.2, 0) is 0 Å². The van der Waals surface area contributed by atoms with Gasteiger partial charge in [0.25, 0.3) is 0 Å². The van der Waals surface area contributed by atoms with Crippen LogP contribution in [0.3, 0.4) is 0 Å². The highest BCUT2D eigenvalue weighted by Gasteiger charge is 2.19. The first kappa shape index (κ1) is 13.7. The summed E-state index contributed by atoms with van der Waals surface area (Å²) >= 11 is 6.04. The molecule has 1 fully saturated rings. The molecule has 2 rings (SSSR count). The molecule has 100 valence electrons. The van der Waals surface area contributed by atoms with E-state index in [2.05, 4.69) is 5.32 Å². The summed E-state index contributed by atoms with van der Waals surface area (Å²) in [6, 6.07) is 5.65. The molecule has 0 spiro atoms. The van der Waals surface area contributed by atoms with E-state index < -0.39 is 0 Å². The fourth-order valence-electron chi connectivity index (χ4n) is 2.60. The predicted octanol–water partition coefficient (Wildman–Crippen LogP) is 2.74. The van der Waals surface area contributed by atoms with E-state index in [-0.39, 0.29) is 6.04 Å². The van der Waals surface area contributed by atoms with E-state index in [4.69, 9.17) is 22.1 Å². The molecule has 1 saturated heterocycles. The summed E-state index contributed by atoms with van der Waals surface area (Å²) in [5.41, 5.74) is 7.33. The monoisotopic (exact) mass is 268 g/mol. The van der Waals surface area contributed by atoms with Crippen LogP contribution in [-0.4, -0.2) is 20.2 Å². The van der Waals surface area contributed by atoms with Crippen LogP contribution in [0.15, 0.2) is 18.2 Å². The molecule has 1 heterocycles. The lowest BCUT2D eigenvalue weighted by Crippen LogP contribution is -2.29. The standard InChI is InChI=1S/C14H21ClN2O/c1-18-14-3-2-11(15)9-12(14)13(16)8-10-4-6-17-7-5-10/h2-3,9-10,13,17H,4-8,16H2,1H3. The number of rotatable bonds is 4. The zero-order valence-corrected chi connectivity index (χ0v) is 11.5. The van der Waals surface area contributed by atoms with Gasteiger partial charge in [-0.25, -0.2) is 0 Å². The van der Waals surface area contributed by atoms with E-state index in [0.29, 0.717) is 10.9 Å². The Morgan fingerprint density at radius 3 is 2.83 bits per heavy atom. The molecule has 0 aliphatic carbocycles. The molecule has 0 aromatic heterocycles. The zero-order chi connectivity index (χ0) is 13.0. The largest absolute Gasteiger partial charge is 0.496 e. The van der Waals surface area contributed by atoms with Crippen LogP contribution in [0.4, 0.5) is 0 Å². The van der Waals surface area contributed by atoms with Gasteiger partial charge in [-0.15, -0.1) is 0 Å². The summed E-state index contributed by atoms with van der Waals surface area (Å²) in [4.78, 5) is 0. The van der Waals surface area contributed by atoms with Gasteiger partial charge in [0.1, 0.15) is 5.75 Å². The van der Waals surface area contributed by atoms with Gasteiger partial charge in [0, 0.05) is 16.6 Å². The lowest BCUT2D eigenvalue weighted by Gasteiger charge is -2.26. The number of hydrogen-bond acceptors (Lipinski definition) is 3. The number of methoxy groups -OCH3 is 1. The van der Waals surface area contributed by atoms with E-state index in [1.165, 1.54) is 12.8 Å². The van der Waals surface area contributed by atoms with Gasteiger partial charge in [-0.3, -0.25) is 0 Å². The van der Waals surface area contributed by atoms with Crippen LogP contribution in [0.1, 0.15) is 30.9 Å². The first-order valence-corrected chi connectivity index (χ1v) is 6.88. The second-order valence-corrected chi connectivity index (χ2v) is 5.36. The minimum Gasteiger partial charge on any atom is -0.496 e. The molecule has 1 aliphatic heterocycles. The van der Waals surface area contributed by atoms with Crippen molar-refractivity contribution in [3.05, 3.63) is 28.8 Å². The summed E-state index contributed by atoms with van der Waals surface area (Å²) in [7, 11) is 1.67. The molecule has 1 unspecified atom stereocenters. The summed E-state index contributed by atoms with van der Waals surface area (Å²) in [6.07, 6.45) is 3.41. The van der Waals surface area contributed by atoms with Crippen molar-refractivity contribution in [2.45, 2.75) is 25.3 Å². The molecule has 1 aliphatic rings. The van der Waals surface area contributed by atoms with E-state index >= 15 is 0 Å². The summed E-state index contributed by atoms with van der Waals surface area (Å²) < 4.78 is 5.36. The zero-order valence-electron chi connectivity index (χ0n) is 10.8. The topological polar surface area (TPSA) is 47.3 Å². The highest BCUT2D eigenvalue weighted by atomic mass is 35.5. The molecular formula is C14H21ClN2O. The normalized spacial score (nSPS) is 18.6. The summed E-state index contributed by atoms with van der Waals surface area (Å²) in [5.74, 6) is 1.53. The molecular weight excluding hydrogens is 248 g/mol. The molecule has 1 aromatic rings. The lowest BCUT2D eigenvalue weighted by molar-refractivity contribution is 0.328. The average molecular weight is 269 g/mol. The van der Waals surface area contributed by atoms with Crippen LogP contribution < -0.4 is 15.8 Å². The van der Waals surface area contributed by atoms with Crippen molar-refractivity contribution in [3.8, 4) is 5.75 Å². The van der Waals surface area contributed by atoms with Gasteiger partial charge < -0.3 is 15.8 Å². The van der Waals surface area contributed by atoms with Gasteiger partial charge in [-0.1, -0.05) is 11.6 Å². The lowest BCUT2D eigenvalue weighted by atomic mass is 9.88. The molecule has 0 saturated carbocycles. The number of nitrogens with two attached hydrogens (primary N) is 1. The van der Waals surface area contributed by atoms with Crippen LogP contribution >= 0.6 is 11.6 Å². The number of ether oxygens (including phenoxy) is 1. The Hall–Kier alpha value is -0.770. The first-order chi connectivity index (χ1) is 8.70. The molecule has 4 heteroatoms. The highest BCUT2D eigenvalue weighted by molar-refractivity contribution is 6.30. The Morgan fingerprint density at radius 2 is 2.17 bits per heavy atom. The van der Waals surface area contributed by atoms with Crippen molar-refractivity contribution in [2.75, 3.05) is 20.2 Å². The first-order valence-electron chi connectivity index (χ1n) is 6.50. The Labute approximate surface area is 114 Å². The third-order valence-corrected chi connectivity index (χ3v) is 3.87. The maximum atomic E-state index is 6.31. The van der Waals surface area contributed by atoms with Gasteiger partial charge >= 0.3 is 0 Å². The third-order valence-electron chi connectivity index (χ3n) is 3.64. The molecule has 0 radical (unpaired) electrons. The van der Waals surface area contributed by atoms with Gasteiger partial charge in [0.2, 0.25) is 0 Å². The van der Waals surface area contributed by atoms with Gasteiger partial charge in [-0.05, 0) is 56.5 Å². The molecule has 3 nitrogen and oxygen atoms in total. The van der Waals surface area contributed by atoms with Crippen LogP contribution in [0.5, 0.6) is 5.75 Å². The van der Waals surface area contributed by atoms with Crippen molar-refractivity contribution in [1.82, 2.24) is 5.32 Å². The Bertz CT molecular complexity index is 391. The smallest absolute Gasteiger partial charge is 0.123 e. The third kappa shape index (κ3) is 3.37. The van der Waals surface area contributed by atoms with Crippen molar-refractivity contribution >= 4 is 11.6 Å². The molecule has 1 aromatic carbocycles. The van der Waals surface area contributed by atoms with Crippen LogP contribution in [0.25, 0.3) is 0 Å². The fraction of sp³-hybridized carbons (Fsp3) is 0.571. The molecule has 18 heavy (non-hydrogen) atoms. The van der Waals surface area contributed by atoms with Gasteiger partial charge in [0.05, 0.1) is 7.11 Å². The second kappa shape index (κ2) is 6.41. The van der Waals surface area contributed by atoms with Crippen molar-refractivity contribution in [3.63, 3.8) is 0 Å². The summed E-state index contributed by atoms with van der Waals surface area (Å²) in [6.45, 7) is 2.20. The van der Waals surface area contributed by atoms with Crippen molar-refractivity contribution in [1.29, 1.82) is 0 Å². The fourth-order valence-corrected chi connectivity index (χ4v) is 2.78.